The van der Waals surface area contributed by atoms with Crippen molar-refractivity contribution in [2.75, 3.05) is 75.5 Å². The number of ether oxygens (including phenoxy) is 1. The lowest BCUT2D eigenvalue weighted by Crippen LogP contribution is -2.48. The lowest BCUT2D eigenvalue weighted by Gasteiger charge is -2.36. The second kappa shape index (κ2) is 12.9. The predicted molar refractivity (Wildman–Crippen MR) is 152 cm³/mol. The smallest absolute Gasteiger partial charge is 0.221 e. The number of nitrogens with one attached hydrogen (secondary N) is 3. The highest BCUT2D eigenvalue weighted by atomic mass is 32.2. The predicted octanol–water partition coefficient (Wildman–Crippen LogP) is 3.44. The van der Waals surface area contributed by atoms with Crippen molar-refractivity contribution in [1.82, 2.24) is 30.0 Å². The highest BCUT2D eigenvalue weighted by Gasteiger charge is 2.25. The van der Waals surface area contributed by atoms with Crippen LogP contribution in [0.5, 0.6) is 5.75 Å². The topological polar surface area (TPSA) is 115 Å². The van der Waals surface area contributed by atoms with E-state index in [4.69, 9.17) is 14.7 Å². The molecule has 0 radical (unpaired) electrons. The minimum absolute atomic E-state index is 0.101. The average Bonchev–Trinajstić information content (AvgIpc) is 3.29. The number of rotatable bonds is 11. The van der Waals surface area contributed by atoms with E-state index in [1.54, 1.807) is 0 Å². The summed E-state index contributed by atoms with van der Waals surface area (Å²) in [6.07, 6.45) is 0. The van der Waals surface area contributed by atoms with Crippen LogP contribution in [0, 0.1) is 6.92 Å². The van der Waals surface area contributed by atoms with E-state index in [2.05, 4.69) is 49.6 Å². The number of hydrogen-bond donors (Lipinski definition) is 3. The van der Waals surface area contributed by atoms with Crippen LogP contribution in [0.2, 0.25) is 0 Å². The normalized spacial score (nSPS) is 14.1. The molecule has 0 unspecified atom stereocenters. The number of H-pyrrole nitrogens is 1. The van der Waals surface area contributed by atoms with Gasteiger partial charge in [0, 0.05) is 68.5 Å². The number of likely N-dealkylation sites (N-methyl/N-ethyl adjacent to an activating group) is 1. The number of amides is 1. The number of aromatic nitrogens is 4. The van der Waals surface area contributed by atoms with Crippen LogP contribution in [-0.2, 0) is 4.79 Å². The number of hydrogen-bond acceptors (Lipinski definition) is 10. The largest absolute Gasteiger partial charge is 0.487 e. The summed E-state index contributed by atoms with van der Waals surface area (Å²) in [6, 6.07) is 9.57. The Hall–Kier alpha value is -3.35. The van der Waals surface area contributed by atoms with Gasteiger partial charge in [0.2, 0.25) is 11.7 Å². The van der Waals surface area contributed by atoms with Gasteiger partial charge in [-0.3, -0.25) is 14.8 Å². The standard InChI is InChI=1S/C26H37N9O2S/c1-6-37-23-24(28-22-17-18(2)31-32-22)29-26(38-21-9-7-20(8-10-21)27-19(3)36)30-25(23)35-15-13-34(14-16-35)12-11-33(4)5/h7-10,17H,6,11-16H2,1-5H3,(H,27,36)(H2,28,29,30,31,32). The fourth-order valence-electron chi connectivity index (χ4n) is 4.08. The van der Waals surface area contributed by atoms with Gasteiger partial charge < -0.3 is 25.2 Å². The minimum Gasteiger partial charge on any atom is -0.487 e. The van der Waals surface area contributed by atoms with Crippen LogP contribution in [0.1, 0.15) is 19.5 Å². The number of piperazine rings is 1. The van der Waals surface area contributed by atoms with Crippen LogP contribution in [0.15, 0.2) is 40.4 Å². The molecule has 3 N–H and O–H groups in total. The van der Waals surface area contributed by atoms with Gasteiger partial charge in [-0.2, -0.15) is 5.10 Å². The second-order valence-electron chi connectivity index (χ2n) is 9.44. The third kappa shape index (κ3) is 7.59. The minimum atomic E-state index is -0.101. The molecule has 1 aliphatic heterocycles. The lowest BCUT2D eigenvalue weighted by molar-refractivity contribution is -0.114. The molecule has 1 amide bonds. The summed E-state index contributed by atoms with van der Waals surface area (Å²) in [5.41, 5.74) is 1.70. The maximum Gasteiger partial charge on any atom is 0.221 e. The molecule has 2 aromatic heterocycles. The fraction of sp³-hybridized carbons (Fsp3) is 0.462. The number of carbonyl (C=O) groups excluding carboxylic acids is 1. The molecule has 4 rings (SSSR count). The third-order valence-electron chi connectivity index (χ3n) is 5.99. The molecule has 0 spiro atoms. The van der Waals surface area contributed by atoms with E-state index in [1.807, 2.05) is 44.2 Å². The number of nitrogens with zero attached hydrogens (tertiary/aromatic N) is 6. The molecule has 0 atom stereocenters. The van der Waals surface area contributed by atoms with E-state index in [-0.39, 0.29) is 5.91 Å². The van der Waals surface area contributed by atoms with Crippen molar-refractivity contribution in [3.8, 4) is 5.75 Å². The van der Waals surface area contributed by atoms with Crippen LogP contribution in [0.3, 0.4) is 0 Å². The Balaban J connectivity index is 1.62. The molecule has 11 nitrogen and oxygen atoms in total. The SMILES string of the molecule is CCOc1c(Nc2cc(C)[nH]n2)nc(Sc2ccc(NC(C)=O)cc2)nc1N1CCN(CCN(C)C)CC1. The van der Waals surface area contributed by atoms with Crippen molar-refractivity contribution in [2.24, 2.45) is 0 Å². The maximum absolute atomic E-state index is 11.4. The Morgan fingerprint density at radius 3 is 2.50 bits per heavy atom. The number of aryl methyl sites for hydroxylation is 1. The molecule has 204 valence electrons. The van der Waals surface area contributed by atoms with Gasteiger partial charge in [-0.15, -0.1) is 0 Å². The second-order valence-corrected chi connectivity index (χ2v) is 10.5. The molecule has 1 aromatic carbocycles. The molecule has 0 bridgehead atoms. The van der Waals surface area contributed by atoms with Crippen molar-refractivity contribution in [2.45, 2.75) is 30.8 Å². The molecule has 1 aliphatic rings. The Labute approximate surface area is 228 Å². The van der Waals surface area contributed by atoms with Crippen molar-refractivity contribution in [3.63, 3.8) is 0 Å². The van der Waals surface area contributed by atoms with Gasteiger partial charge in [0.15, 0.2) is 22.6 Å². The lowest BCUT2D eigenvalue weighted by atomic mass is 10.3. The first-order valence-electron chi connectivity index (χ1n) is 12.8. The van der Waals surface area contributed by atoms with Crippen molar-refractivity contribution >= 4 is 40.8 Å². The van der Waals surface area contributed by atoms with Gasteiger partial charge in [-0.1, -0.05) is 0 Å². The molecule has 3 heterocycles. The molecule has 3 aromatic rings. The third-order valence-corrected chi connectivity index (χ3v) is 6.86. The van der Waals surface area contributed by atoms with E-state index < -0.39 is 0 Å². The summed E-state index contributed by atoms with van der Waals surface area (Å²) >= 11 is 1.46. The molecule has 1 fully saturated rings. The van der Waals surface area contributed by atoms with Gasteiger partial charge in [0.05, 0.1) is 6.61 Å². The molecular weight excluding hydrogens is 502 g/mol. The molecule has 0 saturated carbocycles. The summed E-state index contributed by atoms with van der Waals surface area (Å²) in [4.78, 5) is 29.1. The van der Waals surface area contributed by atoms with E-state index in [9.17, 15) is 4.79 Å². The first-order chi connectivity index (χ1) is 18.3. The van der Waals surface area contributed by atoms with Crippen LogP contribution in [-0.4, -0.2) is 95.8 Å². The van der Waals surface area contributed by atoms with Crippen molar-refractivity contribution in [1.29, 1.82) is 0 Å². The zero-order chi connectivity index (χ0) is 27.1. The maximum atomic E-state index is 11.4. The molecule has 0 aliphatic carbocycles. The van der Waals surface area contributed by atoms with Gasteiger partial charge >= 0.3 is 0 Å². The van der Waals surface area contributed by atoms with Crippen LogP contribution in [0.4, 0.5) is 23.1 Å². The summed E-state index contributed by atoms with van der Waals surface area (Å²) in [5, 5.41) is 14.0. The summed E-state index contributed by atoms with van der Waals surface area (Å²) in [6.45, 7) is 11.6. The Bertz CT molecular complexity index is 1210. The zero-order valence-corrected chi connectivity index (χ0v) is 23.6. The Kier molecular flexibility index (Phi) is 9.43. The number of anilines is 4. The van der Waals surface area contributed by atoms with E-state index >= 15 is 0 Å². The first-order valence-corrected chi connectivity index (χ1v) is 13.6. The number of carbonyl (C=O) groups is 1. The molecule has 38 heavy (non-hydrogen) atoms. The van der Waals surface area contributed by atoms with E-state index in [0.717, 1.165) is 61.4 Å². The first kappa shape index (κ1) is 27.7. The summed E-state index contributed by atoms with van der Waals surface area (Å²) < 4.78 is 6.13. The number of aromatic amines is 1. The Morgan fingerprint density at radius 1 is 1.16 bits per heavy atom. The van der Waals surface area contributed by atoms with Crippen LogP contribution < -0.4 is 20.3 Å². The summed E-state index contributed by atoms with van der Waals surface area (Å²) in [7, 11) is 4.21. The van der Waals surface area contributed by atoms with Gasteiger partial charge in [0.25, 0.3) is 0 Å². The quantitative estimate of drug-likeness (QED) is 0.313. The molecule has 12 heteroatoms. The summed E-state index contributed by atoms with van der Waals surface area (Å²) in [5.74, 6) is 2.55. The van der Waals surface area contributed by atoms with Crippen molar-refractivity contribution < 1.29 is 9.53 Å². The van der Waals surface area contributed by atoms with Crippen LogP contribution >= 0.6 is 11.8 Å². The van der Waals surface area contributed by atoms with Gasteiger partial charge in [0.1, 0.15) is 0 Å². The van der Waals surface area contributed by atoms with Crippen LogP contribution in [0.25, 0.3) is 0 Å². The monoisotopic (exact) mass is 539 g/mol. The average molecular weight is 540 g/mol. The fourth-order valence-corrected chi connectivity index (χ4v) is 4.84. The van der Waals surface area contributed by atoms with Gasteiger partial charge in [-0.25, -0.2) is 9.97 Å². The Morgan fingerprint density at radius 2 is 1.89 bits per heavy atom. The van der Waals surface area contributed by atoms with E-state index in [1.165, 1.54) is 18.7 Å². The van der Waals surface area contributed by atoms with Crippen molar-refractivity contribution in [3.05, 3.63) is 36.0 Å². The van der Waals surface area contributed by atoms with E-state index in [0.29, 0.717) is 29.1 Å². The highest BCUT2D eigenvalue weighted by Crippen LogP contribution is 2.38. The molecule has 1 saturated heterocycles. The zero-order valence-electron chi connectivity index (χ0n) is 22.7. The molecular formula is C26H37N9O2S. The highest BCUT2D eigenvalue weighted by molar-refractivity contribution is 7.99. The van der Waals surface area contributed by atoms with Gasteiger partial charge in [-0.05, 0) is 64.0 Å². The number of benzene rings is 1.